The second-order valence-corrected chi connectivity index (χ2v) is 7.52. The van der Waals surface area contributed by atoms with Gasteiger partial charge in [-0.15, -0.1) is 0 Å². The molecule has 1 aromatic carbocycles. The van der Waals surface area contributed by atoms with Crippen LogP contribution >= 0.6 is 23.2 Å². The molecular formula is C12H16Cl2N2O3S. The van der Waals surface area contributed by atoms with E-state index in [0.717, 1.165) is 6.26 Å². The first-order valence-electron chi connectivity index (χ1n) is 5.84. The average molecular weight is 339 g/mol. The Labute approximate surface area is 128 Å². The zero-order valence-electron chi connectivity index (χ0n) is 11.1. The molecule has 0 aliphatic carbocycles. The molecule has 0 saturated heterocycles. The molecule has 0 saturated carbocycles. The van der Waals surface area contributed by atoms with Gasteiger partial charge in [0.1, 0.15) is 9.84 Å². The molecule has 1 aromatic rings. The summed E-state index contributed by atoms with van der Waals surface area (Å²) in [6.45, 7) is 1.66. The number of halogens is 2. The maximum atomic E-state index is 11.7. The van der Waals surface area contributed by atoms with Crippen molar-refractivity contribution >= 4 is 44.6 Å². The first-order chi connectivity index (χ1) is 9.19. The SMILES string of the molecule is CC(CS(C)(=O)=O)NCC(=O)Nc1c(Cl)cccc1Cl. The number of amides is 1. The lowest BCUT2D eigenvalue weighted by Crippen LogP contribution is -2.38. The zero-order chi connectivity index (χ0) is 15.3. The fourth-order valence-electron chi connectivity index (χ4n) is 1.58. The summed E-state index contributed by atoms with van der Waals surface area (Å²) < 4.78 is 22.2. The third-order valence-electron chi connectivity index (χ3n) is 2.39. The lowest BCUT2D eigenvalue weighted by Gasteiger charge is -2.13. The number of hydrogen-bond acceptors (Lipinski definition) is 4. The van der Waals surface area contributed by atoms with Gasteiger partial charge >= 0.3 is 0 Å². The van der Waals surface area contributed by atoms with Crippen LogP contribution in [0.5, 0.6) is 0 Å². The molecular weight excluding hydrogens is 323 g/mol. The molecule has 5 nitrogen and oxygen atoms in total. The van der Waals surface area contributed by atoms with E-state index in [4.69, 9.17) is 23.2 Å². The standard InChI is InChI=1S/C12H16Cl2N2O3S/c1-8(7-20(2,18)19)15-6-11(17)16-12-9(13)4-3-5-10(12)14/h3-5,8,15H,6-7H2,1-2H3,(H,16,17). The van der Waals surface area contributed by atoms with E-state index in [2.05, 4.69) is 10.6 Å². The van der Waals surface area contributed by atoms with Crippen LogP contribution < -0.4 is 10.6 Å². The summed E-state index contributed by atoms with van der Waals surface area (Å²) in [7, 11) is -3.08. The highest BCUT2D eigenvalue weighted by Crippen LogP contribution is 2.29. The number of sulfone groups is 1. The van der Waals surface area contributed by atoms with Crippen molar-refractivity contribution in [3.63, 3.8) is 0 Å². The highest BCUT2D eigenvalue weighted by Gasteiger charge is 2.13. The van der Waals surface area contributed by atoms with Crippen LogP contribution in [0.15, 0.2) is 18.2 Å². The highest BCUT2D eigenvalue weighted by atomic mass is 35.5. The Morgan fingerprint density at radius 2 is 1.85 bits per heavy atom. The second kappa shape index (κ2) is 7.26. The molecule has 0 fully saturated rings. The van der Waals surface area contributed by atoms with Gasteiger partial charge in [0.15, 0.2) is 0 Å². The summed E-state index contributed by atoms with van der Waals surface area (Å²) >= 11 is 11.8. The van der Waals surface area contributed by atoms with Crippen LogP contribution in [0.1, 0.15) is 6.92 Å². The van der Waals surface area contributed by atoms with Gasteiger partial charge in [-0.25, -0.2) is 8.42 Å². The number of nitrogens with one attached hydrogen (secondary N) is 2. The van der Waals surface area contributed by atoms with Gasteiger partial charge in [0.25, 0.3) is 0 Å². The van der Waals surface area contributed by atoms with E-state index in [1.54, 1.807) is 25.1 Å². The molecule has 0 spiro atoms. The molecule has 20 heavy (non-hydrogen) atoms. The zero-order valence-corrected chi connectivity index (χ0v) is 13.4. The van der Waals surface area contributed by atoms with Crippen LogP contribution in [-0.4, -0.2) is 38.9 Å². The molecule has 2 N–H and O–H groups in total. The molecule has 0 aliphatic heterocycles. The van der Waals surface area contributed by atoms with E-state index in [1.807, 2.05) is 0 Å². The Hall–Kier alpha value is -0.820. The summed E-state index contributed by atoms with van der Waals surface area (Å²) in [4.78, 5) is 11.7. The number of carbonyl (C=O) groups is 1. The van der Waals surface area contributed by atoms with Gasteiger partial charge in [-0.3, -0.25) is 4.79 Å². The molecule has 1 rings (SSSR count). The Morgan fingerprint density at radius 3 is 2.35 bits per heavy atom. The Balaban J connectivity index is 2.53. The van der Waals surface area contributed by atoms with Crippen molar-refractivity contribution in [2.45, 2.75) is 13.0 Å². The van der Waals surface area contributed by atoms with Gasteiger partial charge in [-0.1, -0.05) is 29.3 Å². The highest BCUT2D eigenvalue weighted by molar-refractivity contribution is 7.90. The van der Waals surface area contributed by atoms with Gasteiger partial charge in [0, 0.05) is 12.3 Å². The Kier molecular flexibility index (Phi) is 6.26. The van der Waals surface area contributed by atoms with Crippen molar-refractivity contribution in [3.8, 4) is 0 Å². The lowest BCUT2D eigenvalue weighted by molar-refractivity contribution is -0.115. The van der Waals surface area contributed by atoms with Crippen LogP contribution in [0, 0.1) is 0 Å². The maximum Gasteiger partial charge on any atom is 0.238 e. The number of hydrogen-bond donors (Lipinski definition) is 2. The predicted molar refractivity (Wildman–Crippen MR) is 82.3 cm³/mol. The first-order valence-corrected chi connectivity index (χ1v) is 8.65. The number of anilines is 1. The number of para-hydroxylation sites is 1. The monoisotopic (exact) mass is 338 g/mol. The summed E-state index contributed by atoms with van der Waals surface area (Å²) in [5, 5.41) is 6.09. The fourth-order valence-corrected chi connectivity index (χ4v) is 3.10. The van der Waals surface area contributed by atoms with Crippen LogP contribution in [-0.2, 0) is 14.6 Å². The average Bonchev–Trinajstić information content (AvgIpc) is 2.29. The van der Waals surface area contributed by atoms with E-state index in [-0.39, 0.29) is 24.2 Å². The minimum Gasteiger partial charge on any atom is -0.322 e. The predicted octanol–water partition coefficient (Wildman–Crippen LogP) is 1.95. The van der Waals surface area contributed by atoms with E-state index in [0.29, 0.717) is 15.7 Å². The number of benzene rings is 1. The Bertz CT molecular complexity index is 570. The lowest BCUT2D eigenvalue weighted by atomic mass is 10.3. The van der Waals surface area contributed by atoms with Crippen molar-refractivity contribution in [2.75, 3.05) is 23.9 Å². The normalized spacial score (nSPS) is 13.0. The number of carbonyl (C=O) groups excluding carboxylic acids is 1. The van der Waals surface area contributed by atoms with E-state index in [9.17, 15) is 13.2 Å². The van der Waals surface area contributed by atoms with E-state index in [1.165, 1.54) is 0 Å². The minimum absolute atomic E-state index is 0.0295. The van der Waals surface area contributed by atoms with Crippen LogP contribution in [0.4, 0.5) is 5.69 Å². The molecule has 1 atom stereocenters. The third kappa shape index (κ3) is 6.09. The van der Waals surface area contributed by atoms with E-state index >= 15 is 0 Å². The molecule has 0 aromatic heterocycles. The molecule has 0 heterocycles. The van der Waals surface area contributed by atoms with Crippen molar-refractivity contribution in [1.29, 1.82) is 0 Å². The smallest absolute Gasteiger partial charge is 0.238 e. The van der Waals surface area contributed by atoms with Crippen molar-refractivity contribution in [3.05, 3.63) is 28.2 Å². The number of rotatable bonds is 6. The van der Waals surface area contributed by atoms with E-state index < -0.39 is 9.84 Å². The Morgan fingerprint density at radius 1 is 1.30 bits per heavy atom. The summed E-state index contributed by atoms with van der Waals surface area (Å²) in [6, 6.07) is 4.58. The molecule has 1 unspecified atom stereocenters. The van der Waals surface area contributed by atoms with Crippen molar-refractivity contribution < 1.29 is 13.2 Å². The van der Waals surface area contributed by atoms with Gasteiger partial charge in [0.05, 0.1) is 28.0 Å². The molecule has 1 amide bonds. The second-order valence-electron chi connectivity index (χ2n) is 4.52. The van der Waals surface area contributed by atoms with Gasteiger partial charge in [-0.05, 0) is 19.1 Å². The van der Waals surface area contributed by atoms with Gasteiger partial charge in [0.2, 0.25) is 5.91 Å². The molecule has 0 aliphatic rings. The summed E-state index contributed by atoms with van der Waals surface area (Å²) in [5.41, 5.74) is 0.346. The van der Waals surface area contributed by atoms with Gasteiger partial charge in [-0.2, -0.15) is 0 Å². The molecule has 0 bridgehead atoms. The topological polar surface area (TPSA) is 75.3 Å². The molecule has 112 valence electrons. The molecule has 0 radical (unpaired) electrons. The van der Waals surface area contributed by atoms with Gasteiger partial charge < -0.3 is 10.6 Å². The van der Waals surface area contributed by atoms with Crippen molar-refractivity contribution in [2.24, 2.45) is 0 Å². The third-order valence-corrected chi connectivity index (χ3v) is 4.13. The first kappa shape index (κ1) is 17.2. The largest absolute Gasteiger partial charge is 0.322 e. The minimum atomic E-state index is -3.08. The van der Waals surface area contributed by atoms with Crippen LogP contribution in [0.2, 0.25) is 10.0 Å². The summed E-state index contributed by atoms with van der Waals surface area (Å²) in [5.74, 6) is -0.381. The van der Waals surface area contributed by atoms with Crippen molar-refractivity contribution in [1.82, 2.24) is 5.32 Å². The fraction of sp³-hybridized carbons (Fsp3) is 0.417. The maximum absolute atomic E-state index is 11.7. The van der Waals surface area contributed by atoms with Crippen LogP contribution in [0.3, 0.4) is 0 Å². The molecule has 8 heteroatoms. The summed E-state index contributed by atoms with van der Waals surface area (Å²) in [6.07, 6.45) is 1.15. The van der Waals surface area contributed by atoms with Crippen LogP contribution in [0.25, 0.3) is 0 Å². The quantitative estimate of drug-likeness (QED) is 0.831.